The van der Waals surface area contributed by atoms with E-state index in [-0.39, 0.29) is 99.8 Å². The standard InChI is InChI=1S/Co.Cs.3FH/h;;3*1H/q+2;+1;;;/p-3. The van der Waals surface area contributed by atoms with Crippen molar-refractivity contribution in [1.29, 1.82) is 0 Å². The summed E-state index contributed by atoms with van der Waals surface area (Å²) in [6, 6.07) is 0. The van der Waals surface area contributed by atoms with Gasteiger partial charge in [-0.05, 0) is 0 Å². The maximum absolute atomic E-state index is 0. The van der Waals surface area contributed by atoms with Crippen LogP contribution in [0.2, 0.25) is 0 Å². The van der Waals surface area contributed by atoms with E-state index in [1.54, 1.807) is 0 Å². The first kappa shape index (κ1) is 53.7. The fourth-order valence-electron chi connectivity index (χ4n) is 0. The van der Waals surface area contributed by atoms with Crippen LogP contribution in [-0.4, -0.2) is 0 Å². The zero-order chi connectivity index (χ0) is 0. The van der Waals surface area contributed by atoms with Gasteiger partial charge >= 0.3 is 85.7 Å². The van der Waals surface area contributed by atoms with Gasteiger partial charge in [-0.1, -0.05) is 0 Å². The largest absolute Gasteiger partial charge is 2.00 e. The van der Waals surface area contributed by atoms with Crippen molar-refractivity contribution in [1.82, 2.24) is 0 Å². The second kappa shape index (κ2) is 32.9. The zero-order valence-corrected chi connectivity index (χ0v) is 9.79. The zero-order valence-electron chi connectivity index (χ0n) is 2.47. The topological polar surface area (TPSA) is 0 Å². The Kier molecular flexibility index (Phi) is 354. The molecule has 0 bridgehead atoms. The first-order valence-electron chi connectivity index (χ1n) is 0. The molecule has 0 atom stereocenters. The SMILES string of the molecule is [Co+2].[Cs+].[F-].[F-].[F-]. The molecule has 0 aromatic heterocycles. The molecule has 31 valence electrons. The molecule has 0 saturated carbocycles. The summed E-state index contributed by atoms with van der Waals surface area (Å²) in [5.74, 6) is 0. The molecule has 0 aliphatic rings. The van der Waals surface area contributed by atoms with Crippen LogP contribution in [0, 0.1) is 0 Å². The predicted octanol–water partition coefficient (Wildman–Crippen LogP) is -12.0. The Morgan fingerprint density at radius 2 is 0.600 bits per heavy atom. The fourth-order valence-corrected chi connectivity index (χ4v) is 0. The predicted molar refractivity (Wildman–Crippen MR) is 0 cm³/mol. The smallest absolute Gasteiger partial charge is 1.00 e. The summed E-state index contributed by atoms with van der Waals surface area (Å²) in [6.45, 7) is 0. The molecule has 0 amide bonds. The second-order valence-corrected chi connectivity index (χ2v) is 0. The van der Waals surface area contributed by atoms with Gasteiger partial charge in [-0.2, -0.15) is 0 Å². The van der Waals surface area contributed by atoms with Crippen molar-refractivity contribution in [3.8, 4) is 0 Å². The molecule has 0 aromatic rings. The number of halogens is 3. The molecule has 1 radical (unpaired) electrons. The van der Waals surface area contributed by atoms with Crippen molar-refractivity contribution in [2.75, 3.05) is 0 Å². The Balaban J connectivity index is 0. The Morgan fingerprint density at radius 3 is 0.600 bits per heavy atom. The molecule has 0 saturated heterocycles. The van der Waals surface area contributed by atoms with Gasteiger partial charge in [0.2, 0.25) is 0 Å². The second-order valence-electron chi connectivity index (χ2n) is 0. The molecule has 0 fully saturated rings. The van der Waals surface area contributed by atoms with E-state index >= 15 is 0 Å². The van der Waals surface area contributed by atoms with E-state index in [1.165, 1.54) is 0 Å². The quantitative estimate of drug-likeness (QED) is 0.400. The Labute approximate surface area is 97.2 Å². The summed E-state index contributed by atoms with van der Waals surface area (Å²) < 4.78 is 0. The van der Waals surface area contributed by atoms with Crippen molar-refractivity contribution in [3.63, 3.8) is 0 Å². The third kappa shape index (κ3) is 21.8. The van der Waals surface area contributed by atoms with Gasteiger partial charge in [0.05, 0.1) is 0 Å². The van der Waals surface area contributed by atoms with E-state index in [0.717, 1.165) is 0 Å². The normalized spacial score (nSPS) is 0. The summed E-state index contributed by atoms with van der Waals surface area (Å²) in [7, 11) is 0. The molecule has 0 nitrogen and oxygen atoms in total. The summed E-state index contributed by atoms with van der Waals surface area (Å²) in [6.07, 6.45) is 0. The molecule has 0 N–H and O–H groups in total. The molecule has 0 unspecified atom stereocenters. The first-order chi connectivity index (χ1) is 0. The van der Waals surface area contributed by atoms with Crippen molar-refractivity contribution < 1.29 is 99.8 Å². The van der Waals surface area contributed by atoms with Crippen LogP contribution >= 0.6 is 0 Å². The van der Waals surface area contributed by atoms with Gasteiger partial charge in [0, 0.05) is 0 Å². The molecule has 0 spiro atoms. The van der Waals surface area contributed by atoms with Crippen LogP contribution in [0.25, 0.3) is 0 Å². The van der Waals surface area contributed by atoms with Crippen molar-refractivity contribution in [2.24, 2.45) is 0 Å². The van der Waals surface area contributed by atoms with Crippen LogP contribution in [0.5, 0.6) is 0 Å². The van der Waals surface area contributed by atoms with Gasteiger partial charge in [-0.25, -0.2) is 0 Å². The van der Waals surface area contributed by atoms with Crippen LogP contribution < -0.4 is 83.0 Å². The Bertz CT molecular complexity index is 6.85. The third-order valence-electron chi connectivity index (χ3n) is 0. The van der Waals surface area contributed by atoms with Gasteiger partial charge in [-0.3, -0.25) is 0 Å². The van der Waals surface area contributed by atoms with Crippen LogP contribution in [-0.2, 0) is 16.8 Å². The first-order valence-corrected chi connectivity index (χ1v) is 0. The molecule has 0 heterocycles. The minimum absolute atomic E-state index is 0. The van der Waals surface area contributed by atoms with Crippen molar-refractivity contribution in [3.05, 3.63) is 0 Å². The summed E-state index contributed by atoms with van der Waals surface area (Å²) in [5.41, 5.74) is 0. The van der Waals surface area contributed by atoms with Crippen LogP contribution in [0.3, 0.4) is 0 Å². The van der Waals surface area contributed by atoms with Gasteiger partial charge in [0.1, 0.15) is 0 Å². The number of hydrogen-bond donors (Lipinski definition) is 0. The average Bonchev–Trinajstić information content (AvgIpc) is 0. The number of rotatable bonds is 0. The molecular formula is CoCsF3. The van der Waals surface area contributed by atoms with Crippen LogP contribution in [0.15, 0.2) is 0 Å². The van der Waals surface area contributed by atoms with E-state index < -0.39 is 0 Å². The minimum atomic E-state index is 0. The van der Waals surface area contributed by atoms with Gasteiger partial charge < -0.3 is 14.1 Å². The average molecular weight is 249 g/mol. The molecule has 0 rings (SSSR count). The van der Waals surface area contributed by atoms with E-state index in [9.17, 15) is 0 Å². The van der Waals surface area contributed by atoms with Gasteiger partial charge in [0.15, 0.2) is 0 Å². The fraction of sp³-hybridized carbons (Fsp3) is 0. The minimum Gasteiger partial charge on any atom is -1.00 e. The van der Waals surface area contributed by atoms with E-state index in [4.69, 9.17) is 0 Å². The third-order valence-corrected chi connectivity index (χ3v) is 0. The van der Waals surface area contributed by atoms with E-state index in [0.29, 0.717) is 0 Å². The summed E-state index contributed by atoms with van der Waals surface area (Å²) in [4.78, 5) is 0. The molecule has 5 heavy (non-hydrogen) atoms. The molecule has 0 aliphatic carbocycles. The van der Waals surface area contributed by atoms with Crippen molar-refractivity contribution in [2.45, 2.75) is 0 Å². The van der Waals surface area contributed by atoms with E-state index in [1.807, 2.05) is 0 Å². The summed E-state index contributed by atoms with van der Waals surface area (Å²) in [5, 5.41) is 0. The molecule has 0 aromatic carbocycles. The van der Waals surface area contributed by atoms with Crippen molar-refractivity contribution >= 4 is 0 Å². The number of hydrogen-bond acceptors (Lipinski definition) is 0. The summed E-state index contributed by atoms with van der Waals surface area (Å²) >= 11 is 0. The monoisotopic (exact) mass is 249 g/mol. The van der Waals surface area contributed by atoms with Gasteiger partial charge in [0.25, 0.3) is 0 Å². The maximum atomic E-state index is 0. The molecular weight excluding hydrogens is 249 g/mol. The maximum Gasteiger partial charge on any atom is 2.00 e. The van der Waals surface area contributed by atoms with Crippen LogP contribution in [0.4, 0.5) is 0 Å². The Hall–Kier alpha value is 2.35. The van der Waals surface area contributed by atoms with Gasteiger partial charge in [-0.15, -0.1) is 0 Å². The van der Waals surface area contributed by atoms with E-state index in [2.05, 4.69) is 0 Å². The molecule has 5 heteroatoms. The molecule has 0 aliphatic heterocycles. The van der Waals surface area contributed by atoms with Crippen LogP contribution in [0.1, 0.15) is 0 Å². The Morgan fingerprint density at radius 1 is 0.600 bits per heavy atom.